The highest BCUT2D eigenvalue weighted by Gasteiger charge is 2.41. The number of aryl methyl sites for hydroxylation is 1. The number of benzene rings is 2. The number of hydrogen-bond donors (Lipinski definition) is 1. The molecule has 2 aromatic carbocycles. The molecule has 0 spiro atoms. The van der Waals surface area contributed by atoms with E-state index in [-0.39, 0.29) is 28.8 Å². The molecule has 1 N–H and O–H groups in total. The Balaban J connectivity index is 1.80. The van der Waals surface area contributed by atoms with Gasteiger partial charge in [0, 0.05) is 5.56 Å². The lowest BCUT2D eigenvalue weighted by Crippen LogP contribution is -3.10. The second-order valence-corrected chi connectivity index (χ2v) is 8.84. The average molecular weight is 476 g/mol. The minimum Gasteiger partial charge on any atom is -0.872 e. The van der Waals surface area contributed by atoms with E-state index in [0.717, 1.165) is 62.1 Å². The highest BCUT2D eigenvalue weighted by Crippen LogP contribution is 2.39. The molecular weight excluding hydrogens is 447 g/mol. The Morgan fingerprint density at radius 3 is 2.32 bits per heavy atom. The zero-order valence-corrected chi connectivity index (χ0v) is 19.1. The van der Waals surface area contributed by atoms with Gasteiger partial charge >= 0.3 is 6.18 Å². The second kappa shape index (κ2) is 10.1. The monoisotopic (exact) mass is 475 g/mol. The molecule has 3 aromatic rings. The maximum absolute atomic E-state index is 14.0. The van der Waals surface area contributed by atoms with Crippen LogP contribution in [0.3, 0.4) is 0 Å². The molecule has 8 heteroatoms. The van der Waals surface area contributed by atoms with Crippen LogP contribution in [0.4, 0.5) is 13.2 Å². The second-order valence-electron chi connectivity index (χ2n) is 8.84. The number of rotatable bonds is 6. The number of halogens is 3. The smallest absolute Gasteiger partial charge is 0.453 e. The van der Waals surface area contributed by atoms with E-state index in [2.05, 4.69) is 0 Å². The summed E-state index contributed by atoms with van der Waals surface area (Å²) in [6.45, 7) is 3.88. The van der Waals surface area contributed by atoms with Gasteiger partial charge in [0.05, 0.1) is 18.5 Å². The Morgan fingerprint density at radius 1 is 1.03 bits per heavy atom. The first-order chi connectivity index (χ1) is 16.3. The van der Waals surface area contributed by atoms with Crippen molar-refractivity contribution in [1.29, 1.82) is 0 Å². The number of alkyl halides is 3. The molecule has 1 aliphatic rings. The maximum atomic E-state index is 14.0. The Morgan fingerprint density at radius 2 is 1.71 bits per heavy atom. The van der Waals surface area contributed by atoms with Gasteiger partial charge in [-0.05, 0) is 55.9 Å². The van der Waals surface area contributed by atoms with Crippen molar-refractivity contribution in [3.63, 3.8) is 0 Å². The fraction of sp³-hybridized carbons (Fsp3) is 0.423. The molecule has 2 heterocycles. The number of ether oxygens (including phenoxy) is 1. The normalized spacial score (nSPS) is 15.4. The van der Waals surface area contributed by atoms with Crippen molar-refractivity contribution < 1.29 is 32.3 Å². The van der Waals surface area contributed by atoms with E-state index in [1.165, 1.54) is 24.3 Å². The van der Waals surface area contributed by atoms with E-state index in [9.17, 15) is 23.1 Å². The molecule has 0 bridgehead atoms. The van der Waals surface area contributed by atoms with Gasteiger partial charge in [0.1, 0.15) is 17.9 Å². The van der Waals surface area contributed by atoms with Crippen molar-refractivity contribution in [2.24, 2.45) is 0 Å². The summed E-state index contributed by atoms with van der Waals surface area (Å²) in [5, 5.41) is 12.5. The number of quaternary nitrogens is 1. The summed E-state index contributed by atoms with van der Waals surface area (Å²) in [5.74, 6) is -2.78. The first-order valence-electron chi connectivity index (χ1n) is 11.7. The van der Waals surface area contributed by atoms with Crippen molar-refractivity contribution in [2.45, 2.75) is 58.2 Å². The molecule has 1 aliphatic heterocycles. The van der Waals surface area contributed by atoms with Gasteiger partial charge in [-0.3, -0.25) is 4.79 Å². The van der Waals surface area contributed by atoms with Crippen LogP contribution in [0.25, 0.3) is 11.0 Å². The fourth-order valence-corrected chi connectivity index (χ4v) is 4.51. The molecule has 0 aliphatic carbocycles. The maximum Gasteiger partial charge on any atom is 0.453 e. The first kappa shape index (κ1) is 24.1. The van der Waals surface area contributed by atoms with Gasteiger partial charge in [-0.25, -0.2) is 0 Å². The number of hydrogen-bond acceptors (Lipinski definition) is 4. The van der Waals surface area contributed by atoms with Crippen LogP contribution in [0, 0.1) is 0 Å². The van der Waals surface area contributed by atoms with Crippen LogP contribution in [0.2, 0.25) is 0 Å². The molecule has 0 saturated carbocycles. The summed E-state index contributed by atoms with van der Waals surface area (Å²) in [7, 11) is 0. The standard InChI is InChI=1S/C26H28F3NO4/c1-2-7-17-8-10-18(11-9-17)33-24-22(32)19-12-13-21(31)20(16-30-14-5-3-4-6-15-30)23(19)34-25(24)26(27,28)29/h8-13,31H,2-7,14-16H2,1H3. The third kappa shape index (κ3) is 5.22. The van der Waals surface area contributed by atoms with Gasteiger partial charge < -0.3 is 19.2 Å². The molecule has 0 amide bonds. The summed E-state index contributed by atoms with van der Waals surface area (Å²) < 4.78 is 52.6. The zero-order chi connectivity index (χ0) is 24.3. The Bertz CT molecular complexity index is 1190. The van der Waals surface area contributed by atoms with E-state index < -0.39 is 28.9 Å². The van der Waals surface area contributed by atoms with E-state index in [4.69, 9.17) is 9.15 Å². The van der Waals surface area contributed by atoms with Crippen LogP contribution in [0.15, 0.2) is 45.6 Å². The molecule has 1 fully saturated rings. The summed E-state index contributed by atoms with van der Waals surface area (Å²) in [6, 6.07) is 9.01. The van der Waals surface area contributed by atoms with Gasteiger partial charge in [0.25, 0.3) is 5.76 Å². The fourth-order valence-electron chi connectivity index (χ4n) is 4.51. The van der Waals surface area contributed by atoms with Crippen molar-refractivity contribution in [3.05, 3.63) is 63.5 Å². The summed E-state index contributed by atoms with van der Waals surface area (Å²) in [5.41, 5.74) is -0.127. The molecule has 1 aromatic heterocycles. The quantitative estimate of drug-likeness (QED) is 0.567. The van der Waals surface area contributed by atoms with Crippen molar-refractivity contribution in [1.82, 2.24) is 0 Å². The van der Waals surface area contributed by atoms with Gasteiger partial charge in [0.2, 0.25) is 11.2 Å². The molecule has 4 rings (SSSR count). The Kier molecular flexibility index (Phi) is 7.16. The van der Waals surface area contributed by atoms with Crippen LogP contribution in [-0.2, 0) is 19.1 Å². The van der Waals surface area contributed by atoms with Crippen LogP contribution < -0.4 is 20.2 Å². The summed E-state index contributed by atoms with van der Waals surface area (Å²) >= 11 is 0. The van der Waals surface area contributed by atoms with E-state index in [1.807, 2.05) is 6.92 Å². The highest BCUT2D eigenvalue weighted by molar-refractivity contribution is 5.83. The van der Waals surface area contributed by atoms with Crippen molar-refractivity contribution in [2.75, 3.05) is 13.1 Å². The lowest BCUT2D eigenvalue weighted by Gasteiger charge is -2.22. The van der Waals surface area contributed by atoms with Gasteiger partial charge in [-0.2, -0.15) is 13.2 Å². The van der Waals surface area contributed by atoms with Crippen molar-refractivity contribution in [3.8, 4) is 17.2 Å². The number of likely N-dealkylation sites (tertiary alicyclic amines) is 1. The van der Waals surface area contributed by atoms with Crippen LogP contribution in [-0.4, -0.2) is 13.1 Å². The molecule has 34 heavy (non-hydrogen) atoms. The molecule has 0 radical (unpaired) electrons. The summed E-state index contributed by atoms with van der Waals surface area (Å²) in [4.78, 5) is 14.3. The van der Waals surface area contributed by atoms with Crippen LogP contribution in [0.5, 0.6) is 17.2 Å². The molecular formula is C26H28F3NO4. The Labute approximate surface area is 195 Å². The number of fused-ring (bicyclic) bond motifs is 1. The van der Waals surface area contributed by atoms with E-state index >= 15 is 0 Å². The third-order valence-electron chi connectivity index (χ3n) is 6.26. The molecule has 1 saturated heterocycles. The summed E-state index contributed by atoms with van der Waals surface area (Å²) in [6.07, 6.45) is 0.938. The minimum absolute atomic E-state index is 0.0885. The predicted octanol–water partition coefficient (Wildman–Crippen LogP) is 4.59. The Hall–Kier alpha value is -3.00. The third-order valence-corrected chi connectivity index (χ3v) is 6.26. The van der Waals surface area contributed by atoms with Crippen molar-refractivity contribution >= 4 is 11.0 Å². The number of nitrogens with one attached hydrogen (secondary N) is 1. The SMILES string of the molecule is CCCc1ccc(Oc2c(C(F)(F)F)oc3c(C[NH+]4CCCCCC4)c([O-])ccc3c2=O)cc1. The molecule has 182 valence electrons. The lowest BCUT2D eigenvalue weighted by atomic mass is 10.1. The van der Waals surface area contributed by atoms with Crippen LogP contribution >= 0.6 is 0 Å². The topological polar surface area (TPSA) is 66.9 Å². The van der Waals surface area contributed by atoms with Crippen LogP contribution in [0.1, 0.15) is 55.9 Å². The molecule has 5 nitrogen and oxygen atoms in total. The minimum atomic E-state index is -4.98. The first-order valence-corrected chi connectivity index (χ1v) is 11.7. The van der Waals surface area contributed by atoms with E-state index in [1.54, 1.807) is 12.1 Å². The largest absolute Gasteiger partial charge is 0.872 e. The van der Waals surface area contributed by atoms with Gasteiger partial charge in [-0.15, -0.1) is 0 Å². The predicted molar refractivity (Wildman–Crippen MR) is 120 cm³/mol. The zero-order valence-electron chi connectivity index (χ0n) is 19.1. The van der Waals surface area contributed by atoms with Gasteiger partial charge in [-0.1, -0.05) is 37.3 Å². The lowest BCUT2D eigenvalue weighted by molar-refractivity contribution is -0.913. The molecule has 0 atom stereocenters. The average Bonchev–Trinajstić information content (AvgIpc) is 3.07. The van der Waals surface area contributed by atoms with E-state index in [0.29, 0.717) is 0 Å². The molecule has 0 unspecified atom stereocenters. The highest BCUT2D eigenvalue weighted by atomic mass is 19.4. The van der Waals surface area contributed by atoms with Gasteiger partial charge in [0.15, 0.2) is 0 Å².